The van der Waals surface area contributed by atoms with E-state index in [2.05, 4.69) is 33.4 Å². The summed E-state index contributed by atoms with van der Waals surface area (Å²) in [7, 11) is 0. The highest BCUT2D eigenvalue weighted by atomic mass is 79.9. The second kappa shape index (κ2) is 7.93. The van der Waals surface area contributed by atoms with Crippen LogP contribution in [0.15, 0.2) is 46.9 Å². The molecule has 0 saturated heterocycles. The number of rotatable bonds is 7. The fourth-order valence-corrected chi connectivity index (χ4v) is 2.51. The lowest BCUT2D eigenvalue weighted by molar-refractivity contribution is 0.338. The van der Waals surface area contributed by atoms with Gasteiger partial charge in [-0.05, 0) is 71.7 Å². The van der Waals surface area contributed by atoms with E-state index in [1.54, 1.807) is 0 Å². The van der Waals surface area contributed by atoms with Crippen molar-refractivity contribution in [3.05, 3.63) is 52.5 Å². The quantitative estimate of drug-likeness (QED) is 0.774. The molecular formula is C17H20BrNO2. The molecule has 0 unspecified atom stereocenters. The predicted octanol–water partition coefficient (Wildman–Crippen LogP) is 4.86. The molecule has 0 radical (unpaired) electrons. The first kappa shape index (κ1) is 15.7. The van der Waals surface area contributed by atoms with E-state index in [1.165, 1.54) is 5.56 Å². The summed E-state index contributed by atoms with van der Waals surface area (Å²) in [6, 6.07) is 14.1. The first-order chi connectivity index (χ1) is 10.2. The summed E-state index contributed by atoms with van der Waals surface area (Å²) in [5, 5.41) is 3.39. The number of ether oxygens (including phenoxy) is 2. The molecule has 0 atom stereocenters. The Morgan fingerprint density at radius 1 is 0.952 bits per heavy atom. The first-order valence-electron chi connectivity index (χ1n) is 7.11. The topological polar surface area (TPSA) is 30.5 Å². The molecule has 0 spiro atoms. The Labute approximate surface area is 134 Å². The molecule has 0 bridgehead atoms. The van der Waals surface area contributed by atoms with Crippen LogP contribution in [-0.4, -0.2) is 13.2 Å². The fourth-order valence-electron chi connectivity index (χ4n) is 1.97. The van der Waals surface area contributed by atoms with Crippen LogP contribution >= 0.6 is 15.9 Å². The van der Waals surface area contributed by atoms with Gasteiger partial charge in [0, 0.05) is 12.2 Å². The molecular weight excluding hydrogens is 330 g/mol. The van der Waals surface area contributed by atoms with Gasteiger partial charge in [0.2, 0.25) is 0 Å². The van der Waals surface area contributed by atoms with Gasteiger partial charge in [-0.3, -0.25) is 0 Å². The van der Waals surface area contributed by atoms with E-state index in [1.807, 2.05) is 44.2 Å². The third kappa shape index (κ3) is 4.67. The van der Waals surface area contributed by atoms with Crippen LogP contribution in [0.4, 0.5) is 5.69 Å². The van der Waals surface area contributed by atoms with Crippen molar-refractivity contribution in [1.29, 1.82) is 0 Å². The third-order valence-corrected chi connectivity index (χ3v) is 3.58. The smallest absolute Gasteiger partial charge is 0.133 e. The number of halogens is 1. The zero-order chi connectivity index (χ0) is 15.1. The number of nitrogens with one attached hydrogen (secondary N) is 1. The Hall–Kier alpha value is -1.68. The van der Waals surface area contributed by atoms with Crippen LogP contribution in [0.1, 0.15) is 19.4 Å². The molecule has 0 aliphatic heterocycles. The van der Waals surface area contributed by atoms with Crippen LogP contribution in [0.2, 0.25) is 0 Å². The van der Waals surface area contributed by atoms with Gasteiger partial charge in [-0.2, -0.15) is 0 Å². The van der Waals surface area contributed by atoms with Gasteiger partial charge in [0.05, 0.1) is 17.7 Å². The standard InChI is InChI=1S/C17H20BrNO2/c1-3-20-15-8-6-14(7-9-15)19-12-13-5-10-17(21-4-2)16(18)11-13/h5-11,19H,3-4,12H2,1-2H3. The lowest BCUT2D eigenvalue weighted by Crippen LogP contribution is -2.00. The molecule has 21 heavy (non-hydrogen) atoms. The summed E-state index contributed by atoms with van der Waals surface area (Å²) >= 11 is 3.53. The lowest BCUT2D eigenvalue weighted by Gasteiger charge is -2.10. The number of hydrogen-bond donors (Lipinski definition) is 1. The minimum atomic E-state index is 0.669. The van der Waals surface area contributed by atoms with E-state index in [0.717, 1.165) is 28.2 Å². The van der Waals surface area contributed by atoms with Crippen molar-refractivity contribution in [2.24, 2.45) is 0 Å². The van der Waals surface area contributed by atoms with Crippen LogP contribution in [0.25, 0.3) is 0 Å². The van der Waals surface area contributed by atoms with Gasteiger partial charge in [0.1, 0.15) is 11.5 Å². The van der Waals surface area contributed by atoms with Gasteiger partial charge in [-0.25, -0.2) is 0 Å². The fraction of sp³-hybridized carbons (Fsp3) is 0.294. The van der Waals surface area contributed by atoms with Gasteiger partial charge in [0.15, 0.2) is 0 Å². The molecule has 3 nitrogen and oxygen atoms in total. The van der Waals surface area contributed by atoms with Crippen molar-refractivity contribution in [3.8, 4) is 11.5 Å². The van der Waals surface area contributed by atoms with Crippen molar-refractivity contribution in [1.82, 2.24) is 0 Å². The maximum absolute atomic E-state index is 5.51. The molecule has 112 valence electrons. The second-order valence-corrected chi connectivity index (χ2v) is 5.36. The van der Waals surface area contributed by atoms with Gasteiger partial charge >= 0.3 is 0 Å². The highest BCUT2D eigenvalue weighted by Gasteiger charge is 2.02. The Morgan fingerprint density at radius 3 is 2.29 bits per heavy atom. The van der Waals surface area contributed by atoms with E-state index in [9.17, 15) is 0 Å². The molecule has 0 aliphatic rings. The summed E-state index contributed by atoms with van der Waals surface area (Å²) < 4.78 is 11.9. The second-order valence-electron chi connectivity index (χ2n) is 4.51. The van der Waals surface area contributed by atoms with E-state index < -0.39 is 0 Å². The Morgan fingerprint density at radius 2 is 1.67 bits per heavy atom. The third-order valence-electron chi connectivity index (χ3n) is 2.96. The summed E-state index contributed by atoms with van der Waals surface area (Å²) in [6.45, 7) is 6.08. The van der Waals surface area contributed by atoms with E-state index in [-0.39, 0.29) is 0 Å². The molecule has 4 heteroatoms. The Balaban J connectivity index is 1.94. The predicted molar refractivity (Wildman–Crippen MR) is 90.2 cm³/mol. The van der Waals surface area contributed by atoms with Crippen molar-refractivity contribution >= 4 is 21.6 Å². The maximum atomic E-state index is 5.51. The van der Waals surface area contributed by atoms with E-state index >= 15 is 0 Å². The SMILES string of the molecule is CCOc1ccc(NCc2ccc(OCC)c(Br)c2)cc1. The Bertz CT molecular complexity index is 570. The zero-order valence-electron chi connectivity index (χ0n) is 12.4. The summed E-state index contributed by atoms with van der Waals surface area (Å²) in [5.41, 5.74) is 2.27. The van der Waals surface area contributed by atoms with Crippen molar-refractivity contribution in [2.75, 3.05) is 18.5 Å². The number of benzene rings is 2. The van der Waals surface area contributed by atoms with Crippen LogP contribution in [0, 0.1) is 0 Å². The first-order valence-corrected chi connectivity index (χ1v) is 7.90. The van der Waals surface area contributed by atoms with Crippen LogP contribution in [-0.2, 0) is 6.54 Å². The molecule has 0 heterocycles. The van der Waals surface area contributed by atoms with E-state index in [4.69, 9.17) is 9.47 Å². The van der Waals surface area contributed by atoms with Gasteiger partial charge in [-0.15, -0.1) is 0 Å². The van der Waals surface area contributed by atoms with Crippen molar-refractivity contribution in [3.63, 3.8) is 0 Å². The minimum Gasteiger partial charge on any atom is -0.494 e. The molecule has 0 aliphatic carbocycles. The van der Waals surface area contributed by atoms with Crippen LogP contribution < -0.4 is 14.8 Å². The van der Waals surface area contributed by atoms with Gasteiger partial charge in [-0.1, -0.05) is 6.07 Å². The highest BCUT2D eigenvalue weighted by Crippen LogP contribution is 2.26. The molecule has 2 aromatic rings. The maximum Gasteiger partial charge on any atom is 0.133 e. The van der Waals surface area contributed by atoms with Crippen molar-refractivity contribution < 1.29 is 9.47 Å². The summed E-state index contributed by atoms with van der Waals surface area (Å²) in [6.07, 6.45) is 0. The average molecular weight is 350 g/mol. The molecule has 0 aromatic heterocycles. The van der Waals surface area contributed by atoms with Crippen molar-refractivity contribution in [2.45, 2.75) is 20.4 Å². The van der Waals surface area contributed by atoms with Gasteiger partial charge in [0.25, 0.3) is 0 Å². The minimum absolute atomic E-state index is 0.669. The number of hydrogen-bond acceptors (Lipinski definition) is 3. The van der Waals surface area contributed by atoms with Gasteiger partial charge < -0.3 is 14.8 Å². The van der Waals surface area contributed by atoms with Crippen LogP contribution in [0.3, 0.4) is 0 Å². The van der Waals surface area contributed by atoms with Crippen LogP contribution in [0.5, 0.6) is 11.5 Å². The lowest BCUT2D eigenvalue weighted by atomic mass is 10.2. The molecule has 0 fully saturated rings. The summed E-state index contributed by atoms with van der Waals surface area (Å²) in [5.74, 6) is 1.77. The molecule has 1 N–H and O–H groups in total. The highest BCUT2D eigenvalue weighted by molar-refractivity contribution is 9.10. The molecule has 0 saturated carbocycles. The largest absolute Gasteiger partial charge is 0.494 e. The monoisotopic (exact) mass is 349 g/mol. The molecule has 2 aromatic carbocycles. The normalized spacial score (nSPS) is 10.2. The van der Waals surface area contributed by atoms with E-state index in [0.29, 0.717) is 13.2 Å². The molecule has 2 rings (SSSR count). The average Bonchev–Trinajstić information content (AvgIpc) is 2.49. The zero-order valence-corrected chi connectivity index (χ0v) is 13.9. The molecule has 0 amide bonds. The Kier molecular flexibility index (Phi) is 5.93. The number of anilines is 1. The summed E-state index contributed by atoms with van der Waals surface area (Å²) in [4.78, 5) is 0.